The van der Waals surface area contributed by atoms with Crippen LogP contribution in [0.2, 0.25) is 0 Å². The third-order valence-corrected chi connectivity index (χ3v) is 4.57. The summed E-state index contributed by atoms with van der Waals surface area (Å²) < 4.78 is 1.82. The minimum Gasteiger partial charge on any atom is -0.317 e. The summed E-state index contributed by atoms with van der Waals surface area (Å²) in [5.74, 6) is 0. The lowest BCUT2D eigenvalue weighted by Crippen LogP contribution is -1.97. The van der Waals surface area contributed by atoms with E-state index < -0.39 is 4.92 Å². The Morgan fingerprint density at radius 3 is 2.57 bits per heavy atom. The van der Waals surface area contributed by atoms with Gasteiger partial charge >= 0.3 is 0 Å². The van der Waals surface area contributed by atoms with Crippen LogP contribution in [0.3, 0.4) is 0 Å². The lowest BCUT2D eigenvalue weighted by atomic mass is 10.0. The maximum Gasteiger partial charge on any atom is 0.271 e. The summed E-state index contributed by atoms with van der Waals surface area (Å²) in [5, 5.41) is 23.0. The molecule has 5 nitrogen and oxygen atoms in total. The Labute approximate surface area is 161 Å². The molecule has 0 amide bonds. The number of nitro benzene ring substituents is 1. The molecule has 0 saturated heterocycles. The van der Waals surface area contributed by atoms with E-state index in [4.69, 9.17) is 0 Å². The van der Waals surface area contributed by atoms with E-state index in [2.05, 4.69) is 6.07 Å². The van der Waals surface area contributed by atoms with Crippen LogP contribution in [0, 0.1) is 21.4 Å². The molecule has 4 aromatic rings. The summed E-state index contributed by atoms with van der Waals surface area (Å²) in [6.07, 6.45) is 3.61. The molecule has 3 aromatic carbocycles. The van der Waals surface area contributed by atoms with Crippen LogP contribution < -0.4 is 0 Å². The molecule has 0 aliphatic rings. The van der Waals surface area contributed by atoms with Gasteiger partial charge in [0.2, 0.25) is 0 Å². The van der Waals surface area contributed by atoms with E-state index >= 15 is 0 Å². The molecule has 134 valence electrons. The van der Waals surface area contributed by atoms with E-state index in [1.807, 2.05) is 65.4 Å². The average Bonchev–Trinajstić information content (AvgIpc) is 3.20. The summed E-state index contributed by atoms with van der Waals surface area (Å²) in [6, 6.07) is 26.3. The lowest BCUT2D eigenvalue weighted by molar-refractivity contribution is -0.384. The number of rotatable bonds is 4. The van der Waals surface area contributed by atoms with E-state index in [0.29, 0.717) is 11.3 Å². The molecule has 0 fully saturated rings. The van der Waals surface area contributed by atoms with Crippen LogP contribution in [0.15, 0.2) is 85.1 Å². The number of hydrogen-bond donors (Lipinski definition) is 0. The maximum atomic E-state index is 11.1. The maximum absolute atomic E-state index is 11.1. The van der Waals surface area contributed by atoms with Gasteiger partial charge in [-0.05, 0) is 46.7 Å². The number of hydrogen-bond acceptors (Lipinski definition) is 3. The molecule has 0 bridgehead atoms. The molecular formula is C23H15N3O2. The SMILES string of the molecule is N#CC(=Cc1cccn1-c1cccc([N+](=O)[O-])c1)c1ccc2ccccc2c1. The Hall–Kier alpha value is -4.17. The Morgan fingerprint density at radius 1 is 0.964 bits per heavy atom. The Morgan fingerprint density at radius 2 is 1.79 bits per heavy atom. The zero-order chi connectivity index (χ0) is 19.5. The first kappa shape index (κ1) is 17.3. The number of non-ortho nitro benzene ring substituents is 1. The Bertz CT molecular complexity index is 1260. The van der Waals surface area contributed by atoms with Crippen molar-refractivity contribution in [1.82, 2.24) is 4.57 Å². The van der Waals surface area contributed by atoms with E-state index in [9.17, 15) is 15.4 Å². The number of allylic oxidation sites excluding steroid dienone is 1. The van der Waals surface area contributed by atoms with Crippen molar-refractivity contribution in [3.05, 3.63) is 106 Å². The zero-order valence-electron chi connectivity index (χ0n) is 14.8. The van der Waals surface area contributed by atoms with Crippen molar-refractivity contribution < 1.29 is 4.92 Å². The normalized spacial score (nSPS) is 11.3. The van der Waals surface area contributed by atoms with Crippen LogP contribution in [0.1, 0.15) is 11.3 Å². The first-order valence-electron chi connectivity index (χ1n) is 8.69. The molecule has 0 atom stereocenters. The predicted molar refractivity (Wildman–Crippen MR) is 110 cm³/mol. The largest absolute Gasteiger partial charge is 0.317 e. The highest BCUT2D eigenvalue weighted by atomic mass is 16.6. The Balaban J connectivity index is 1.78. The second kappa shape index (κ2) is 7.22. The quantitative estimate of drug-likeness (QED) is 0.268. The fraction of sp³-hybridized carbons (Fsp3) is 0. The fourth-order valence-electron chi connectivity index (χ4n) is 3.19. The van der Waals surface area contributed by atoms with Gasteiger partial charge in [0.25, 0.3) is 5.69 Å². The van der Waals surface area contributed by atoms with Gasteiger partial charge in [-0.1, -0.05) is 42.5 Å². The molecule has 0 unspecified atom stereocenters. The second-order valence-corrected chi connectivity index (χ2v) is 6.31. The van der Waals surface area contributed by atoms with Gasteiger partial charge < -0.3 is 4.57 Å². The molecule has 0 saturated carbocycles. The fourth-order valence-corrected chi connectivity index (χ4v) is 3.19. The molecule has 0 radical (unpaired) electrons. The van der Waals surface area contributed by atoms with Crippen molar-refractivity contribution in [3.8, 4) is 11.8 Å². The number of nitro groups is 1. The van der Waals surface area contributed by atoms with Crippen LogP contribution in [0.5, 0.6) is 0 Å². The van der Waals surface area contributed by atoms with Crippen LogP contribution in [-0.4, -0.2) is 9.49 Å². The first-order chi connectivity index (χ1) is 13.7. The van der Waals surface area contributed by atoms with Crippen molar-refractivity contribution in [2.24, 2.45) is 0 Å². The second-order valence-electron chi connectivity index (χ2n) is 6.31. The molecule has 5 heteroatoms. The standard InChI is InChI=1S/C23H15N3O2/c24-16-20(19-11-10-17-5-1-2-6-18(17)13-19)14-21-9-4-12-25(21)22-7-3-8-23(15-22)26(27)28/h1-15H. The zero-order valence-corrected chi connectivity index (χ0v) is 14.8. The Kier molecular flexibility index (Phi) is 4.45. The van der Waals surface area contributed by atoms with Gasteiger partial charge in [-0.25, -0.2) is 0 Å². The highest BCUT2D eigenvalue weighted by Crippen LogP contribution is 2.25. The molecule has 1 heterocycles. The predicted octanol–water partition coefficient (Wildman–Crippen LogP) is 5.60. The third-order valence-electron chi connectivity index (χ3n) is 4.57. The molecule has 1 aromatic heterocycles. The highest BCUT2D eigenvalue weighted by Gasteiger charge is 2.10. The van der Waals surface area contributed by atoms with Crippen molar-refractivity contribution >= 4 is 28.1 Å². The van der Waals surface area contributed by atoms with Gasteiger partial charge in [0, 0.05) is 24.0 Å². The van der Waals surface area contributed by atoms with Crippen molar-refractivity contribution in [2.75, 3.05) is 0 Å². The van der Waals surface area contributed by atoms with Crippen LogP contribution in [0.25, 0.3) is 28.1 Å². The highest BCUT2D eigenvalue weighted by molar-refractivity contribution is 5.94. The van der Waals surface area contributed by atoms with Gasteiger partial charge in [-0.15, -0.1) is 0 Å². The number of aromatic nitrogens is 1. The van der Waals surface area contributed by atoms with Gasteiger partial charge in [-0.2, -0.15) is 5.26 Å². The summed E-state index contributed by atoms with van der Waals surface area (Å²) in [4.78, 5) is 10.6. The molecule has 28 heavy (non-hydrogen) atoms. The molecule has 4 rings (SSSR count). The van der Waals surface area contributed by atoms with Crippen LogP contribution in [-0.2, 0) is 0 Å². The lowest BCUT2D eigenvalue weighted by Gasteiger charge is -2.08. The summed E-state index contributed by atoms with van der Waals surface area (Å²) >= 11 is 0. The van der Waals surface area contributed by atoms with Crippen molar-refractivity contribution in [1.29, 1.82) is 5.26 Å². The van der Waals surface area contributed by atoms with Crippen molar-refractivity contribution in [2.45, 2.75) is 0 Å². The topological polar surface area (TPSA) is 71.9 Å². The monoisotopic (exact) mass is 365 g/mol. The van der Waals surface area contributed by atoms with E-state index in [-0.39, 0.29) is 5.69 Å². The first-order valence-corrected chi connectivity index (χ1v) is 8.69. The van der Waals surface area contributed by atoms with Crippen molar-refractivity contribution in [3.63, 3.8) is 0 Å². The number of benzene rings is 3. The number of fused-ring (bicyclic) bond motifs is 1. The molecule has 0 N–H and O–H groups in total. The van der Waals surface area contributed by atoms with Gasteiger partial charge in [-0.3, -0.25) is 10.1 Å². The number of nitriles is 1. The minimum atomic E-state index is -0.418. The van der Waals surface area contributed by atoms with Gasteiger partial charge in [0.05, 0.1) is 22.3 Å². The molecule has 0 spiro atoms. The molecule has 0 aliphatic heterocycles. The van der Waals surface area contributed by atoms with E-state index in [1.54, 1.807) is 18.2 Å². The summed E-state index contributed by atoms with van der Waals surface area (Å²) in [6.45, 7) is 0. The van der Waals surface area contributed by atoms with Crippen LogP contribution in [0.4, 0.5) is 5.69 Å². The van der Waals surface area contributed by atoms with Gasteiger partial charge in [0.1, 0.15) is 0 Å². The van der Waals surface area contributed by atoms with E-state index in [0.717, 1.165) is 22.0 Å². The summed E-state index contributed by atoms with van der Waals surface area (Å²) in [5.41, 5.74) is 2.81. The average molecular weight is 365 g/mol. The molecule has 0 aliphatic carbocycles. The third kappa shape index (κ3) is 3.27. The van der Waals surface area contributed by atoms with Gasteiger partial charge in [0.15, 0.2) is 0 Å². The van der Waals surface area contributed by atoms with Crippen LogP contribution >= 0.6 is 0 Å². The van der Waals surface area contributed by atoms with E-state index in [1.165, 1.54) is 12.1 Å². The number of nitrogens with zero attached hydrogens (tertiary/aromatic N) is 3. The molecular weight excluding hydrogens is 350 g/mol. The smallest absolute Gasteiger partial charge is 0.271 e. The summed E-state index contributed by atoms with van der Waals surface area (Å²) in [7, 11) is 0. The minimum absolute atomic E-state index is 0.0242.